The Morgan fingerprint density at radius 3 is 3.11 bits per heavy atom. The molecule has 6 heteroatoms. The van der Waals surface area contributed by atoms with E-state index >= 15 is 0 Å². The van der Waals surface area contributed by atoms with E-state index in [0.29, 0.717) is 17.7 Å². The van der Waals surface area contributed by atoms with E-state index in [1.165, 1.54) is 11.3 Å². The van der Waals surface area contributed by atoms with Crippen LogP contribution in [0.5, 0.6) is 0 Å². The fraction of sp³-hybridized carbons (Fsp3) is 0.667. The average Bonchev–Trinajstić information content (AvgIpc) is 2.68. The number of piperidine rings is 1. The molecule has 0 aromatic carbocycles. The topological polar surface area (TPSA) is 71.2 Å². The molecule has 0 spiro atoms. The Kier molecular flexibility index (Phi) is 4.31. The van der Waals surface area contributed by atoms with E-state index in [1.54, 1.807) is 0 Å². The van der Waals surface area contributed by atoms with E-state index in [4.69, 9.17) is 5.73 Å². The minimum absolute atomic E-state index is 0.00618. The lowest BCUT2D eigenvalue weighted by Crippen LogP contribution is -2.48. The molecule has 1 amide bonds. The lowest BCUT2D eigenvalue weighted by atomic mass is 9.99. The molecule has 1 aliphatic heterocycles. The van der Waals surface area contributed by atoms with Gasteiger partial charge in [0.25, 0.3) is 0 Å². The highest BCUT2D eigenvalue weighted by Crippen LogP contribution is 2.17. The summed E-state index contributed by atoms with van der Waals surface area (Å²) < 4.78 is 0. The zero-order valence-corrected chi connectivity index (χ0v) is 11.7. The van der Waals surface area contributed by atoms with Crippen molar-refractivity contribution in [3.05, 3.63) is 11.1 Å². The Hall–Kier alpha value is -0.980. The number of rotatable bonds is 3. The Morgan fingerprint density at radius 2 is 2.50 bits per heavy atom. The largest absolute Gasteiger partial charge is 0.328 e. The number of hydrogen-bond acceptors (Lipinski definition) is 5. The number of thiazole rings is 1. The predicted molar refractivity (Wildman–Crippen MR) is 73.7 cm³/mol. The van der Waals surface area contributed by atoms with Crippen LogP contribution >= 0.6 is 11.3 Å². The van der Waals surface area contributed by atoms with Gasteiger partial charge in [-0.05, 0) is 26.7 Å². The number of aromatic nitrogens is 1. The van der Waals surface area contributed by atoms with E-state index in [2.05, 4.69) is 22.1 Å². The Labute approximate surface area is 111 Å². The summed E-state index contributed by atoms with van der Waals surface area (Å²) in [6.45, 7) is 5.36. The van der Waals surface area contributed by atoms with Crippen molar-refractivity contribution in [3.63, 3.8) is 0 Å². The Balaban J connectivity index is 1.84. The van der Waals surface area contributed by atoms with Gasteiger partial charge < -0.3 is 11.1 Å². The summed E-state index contributed by atoms with van der Waals surface area (Å²) in [6.07, 6.45) is 1.93. The number of carbonyl (C=O) groups excluding carboxylic acids is 1. The molecule has 1 aromatic rings. The molecule has 0 saturated carbocycles. The summed E-state index contributed by atoms with van der Waals surface area (Å²) in [5.41, 5.74) is 6.85. The maximum atomic E-state index is 11.9. The number of amides is 1. The third-order valence-corrected chi connectivity index (χ3v) is 4.14. The molecular weight excluding hydrogens is 248 g/mol. The maximum Gasteiger partial charge on any atom is 0.240 e. The molecule has 2 rings (SSSR count). The van der Waals surface area contributed by atoms with Crippen LogP contribution < -0.4 is 11.1 Å². The first-order valence-corrected chi connectivity index (χ1v) is 7.14. The first-order valence-electron chi connectivity index (χ1n) is 6.26. The fourth-order valence-electron chi connectivity index (χ4n) is 2.25. The number of aryl methyl sites for hydroxylation is 1. The number of likely N-dealkylation sites (tertiary alicyclic amines) is 1. The summed E-state index contributed by atoms with van der Waals surface area (Å²) in [5, 5.41) is 5.45. The second-order valence-corrected chi connectivity index (χ2v) is 5.80. The van der Waals surface area contributed by atoms with Gasteiger partial charge in [-0.2, -0.15) is 0 Å². The van der Waals surface area contributed by atoms with Gasteiger partial charge in [0.1, 0.15) is 0 Å². The van der Waals surface area contributed by atoms with E-state index < -0.39 is 0 Å². The van der Waals surface area contributed by atoms with Gasteiger partial charge in [0, 0.05) is 24.0 Å². The van der Waals surface area contributed by atoms with Crippen LogP contribution in [0.4, 0.5) is 5.13 Å². The van der Waals surface area contributed by atoms with Crippen LogP contribution in [-0.2, 0) is 4.79 Å². The van der Waals surface area contributed by atoms with Crippen molar-refractivity contribution in [1.29, 1.82) is 0 Å². The SMILES string of the molecule is Cc1csc(NC(=O)CN2CCC(N)CC2C)n1. The maximum absolute atomic E-state index is 11.9. The zero-order chi connectivity index (χ0) is 13.1. The second kappa shape index (κ2) is 5.77. The monoisotopic (exact) mass is 268 g/mol. The third kappa shape index (κ3) is 3.51. The van der Waals surface area contributed by atoms with Crippen molar-refractivity contribution >= 4 is 22.4 Å². The van der Waals surface area contributed by atoms with Gasteiger partial charge in [0.15, 0.2) is 5.13 Å². The van der Waals surface area contributed by atoms with Crippen molar-refractivity contribution in [2.75, 3.05) is 18.4 Å². The predicted octanol–water partition coefficient (Wildman–Crippen LogP) is 1.20. The van der Waals surface area contributed by atoms with Crippen molar-refractivity contribution in [1.82, 2.24) is 9.88 Å². The number of anilines is 1. The number of nitrogens with one attached hydrogen (secondary N) is 1. The third-order valence-electron chi connectivity index (χ3n) is 3.27. The molecule has 0 bridgehead atoms. The lowest BCUT2D eigenvalue weighted by molar-refractivity contribution is -0.118. The van der Waals surface area contributed by atoms with Crippen molar-refractivity contribution < 1.29 is 4.79 Å². The van der Waals surface area contributed by atoms with E-state index in [9.17, 15) is 4.79 Å². The highest BCUT2D eigenvalue weighted by atomic mass is 32.1. The zero-order valence-electron chi connectivity index (χ0n) is 10.8. The molecule has 1 saturated heterocycles. The minimum atomic E-state index is 0.00618. The molecule has 1 aromatic heterocycles. The first-order chi connectivity index (χ1) is 8.54. The highest BCUT2D eigenvalue weighted by molar-refractivity contribution is 7.13. The minimum Gasteiger partial charge on any atom is -0.328 e. The van der Waals surface area contributed by atoms with Crippen molar-refractivity contribution in [3.8, 4) is 0 Å². The normalized spacial score (nSPS) is 25.1. The molecule has 1 fully saturated rings. The molecule has 2 heterocycles. The second-order valence-electron chi connectivity index (χ2n) is 4.95. The van der Waals surface area contributed by atoms with Crippen molar-refractivity contribution in [2.24, 2.45) is 5.73 Å². The Bertz CT molecular complexity index is 420. The molecule has 5 nitrogen and oxygen atoms in total. The molecule has 1 aliphatic rings. The number of hydrogen-bond donors (Lipinski definition) is 2. The number of carbonyl (C=O) groups is 1. The highest BCUT2D eigenvalue weighted by Gasteiger charge is 2.24. The molecule has 2 unspecified atom stereocenters. The molecule has 0 aliphatic carbocycles. The van der Waals surface area contributed by atoms with E-state index in [1.807, 2.05) is 12.3 Å². The van der Waals surface area contributed by atoms with E-state index in [-0.39, 0.29) is 11.9 Å². The summed E-state index contributed by atoms with van der Waals surface area (Å²) in [6, 6.07) is 0.651. The Morgan fingerprint density at radius 1 is 1.72 bits per heavy atom. The van der Waals surface area contributed by atoms with Gasteiger partial charge in [0.2, 0.25) is 5.91 Å². The van der Waals surface area contributed by atoms with Gasteiger partial charge in [-0.3, -0.25) is 9.69 Å². The molecule has 18 heavy (non-hydrogen) atoms. The van der Waals surface area contributed by atoms with Crippen LogP contribution in [0.2, 0.25) is 0 Å². The van der Waals surface area contributed by atoms with Gasteiger partial charge in [-0.15, -0.1) is 11.3 Å². The number of nitrogens with zero attached hydrogens (tertiary/aromatic N) is 2. The molecule has 0 radical (unpaired) electrons. The van der Waals surface area contributed by atoms with Crippen LogP contribution in [0.25, 0.3) is 0 Å². The first kappa shape index (κ1) is 13.5. The molecule has 2 atom stereocenters. The average molecular weight is 268 g/mol. The fourth-order valence-corrected chi connectivity index (χ4v) is 2.95. The summed E-state index contributed by atoms with van der Waals surface area (Å²) in [7, 11) is 0. The van der Waals surface area contributed by atoms with Crippen LogP contribution in [0.1, 0.15) is 25.5 Å². The quantitative estimate of drug-likeness (QED) is 0.864. The number of nitrogens with two attached hydrogens (primary N) is 1. The molecular formula is C12H20N4OS. The molecule has 100 valence electrons. The van der Waals surface area contributed by atoms with Crippen LogP contribution in [0.15, 0.2) is 5.38 Å². The van der Waals surface area contributed by atoms with Gasteiger partial charge in [-0.1, -0.05) is 0 Å². The summed E-state index contributed by atoms with van der Waals surface area (Å²) in [5.74, 6) is 0.00618. The molecule has 3 N–H and O–H groups in total. The summed E-state index contributed by atoms with van der Waals surface area (Å²) in [4.78, 5) is 18.3. The van der Waals surface area contributed by atoms with Crippen LogP contribution in [-0.4, -0.2) is 41.0 Å². The van der Waals surface area contributed by atoms with Gasteiger partial charge in [-0.25, -0.2) is 4.98 Å². The van der Waals surface area contributed by atoms with Crippen LogP contribution in [0, 0.1) is 6.92 Å². The van der Waals surface area contributed by atoms with E-state index in [0.717, 1.165) is 25.1 Å². The van der Waals surface area contributed by atoms with Gasteiger partial charge in [0.05, 0.1) is 12.2 Å². The lowest BCUT2D eigenvalue weighted by Gasteiger charge is -2.35. The van der Waals surface area contributed by atoms with Crippen LogP contribution in [0.3, 0.4) is 0 Å². The smallest absolute Gasteiger partial charge is 0.240 e. The van der Waals surface area contributed by atoms with Crippen molar-refractivity contribution in [2.45, 2.75) is 38.8 Å². The van der Waals surface area contributed by atoms with Gasteiger partial charge >= 0.3 is 0 Å². The standard InChI is InChI=1S/C12H20N4OS/c1-8-7-18-12(14-8)15-11(17)6-16-4-3-10(13)5-9(16)2/h7,9-10H,3-6,13H2,1-2H3,(H,14,15,17). The summed E-state index contributed by atoms with van der Waals surface area (Å²) >= 11 is 1.46.